The van der Waals surface area contributed by atoms with Gasteiger partial charge in [-0.1, -0.05) is 19.6 Å². The van der Waals surface area contributed by atoms with Gasteiger partial charge in [-0.3, -0.25) is 4.79 Å². The fraction of sp³-hybridized carbons (Fsp3) is 0.800. The van der Waals surface area contributed by atoms with Crippen LogP contribution >= 0.6 is 0 Å². The molecule has 0 aliphatic heterocycles. The van der Waals surface area contributed by atoms with E-state index in [1.165, 1.54) is 4.68 Å². The van der Waals surface area contributed by atoms with Gasteiger partial charge in [-0.25, -0.2) is 4.68 Å². The summed E-state index contributed by atoms with van der Waals surface area (Å²) < 4.78 is 7.02. The van der Waals surface area contributed by atoms with Crippen molar-refractivity contribution < 1.29 is 14.6 Å². The number of aryl methyl sites for hydroxylation is 1. The fourth-order valence-corrected chi connectivity index (χ4v) is 2.01. The number of aliphatic carboxylic acids is 1. The number of carbonyl (C=O) groups is 1. The second kappa shape index (κ2) is 6.60. The molecule has 0 aromatic carbocycles. The van der Waals surface area contributed by atoms with E-state index in [4.69, 9.17) is 9.84 Å². The molecule has 7 nitrogen and oxygen atoms in total. The lowest BCUT2D eigenvalue weighted by Crippen LogP contribution is -2.22. The van der Waals surface area contributed by atoms with Gasteiger partial charge < -0.3 is 9.84 Å². The standard InChI is InChI=1S/C10H20N4O3Si/c1-18(2,3)7-6-17-8-14-9(11-12-13-14)4-5-10(15)16/h4-8H2,1-3H3,(H,15,16). The first kappa shape index (κ1) is 14.8. The van der Waals surface area contributed by atoms with Crippen LogP contribution in [0.15, 0.2) is 0 Å². The highest BCUT2D eigenvalue weighted by atomic mass is 28.3. The van der Waals surface area contributed by atoms with Crippen molar-refractivity contribution in [2.24, 2.45) is 0 Å². The minimum atomic E-state index is -1.09. The zero-order valence-electron chi connectivity index (χ0n) is 11.1. The van der Waals surface area contributed by atoms with Crippen LogP contribution in [0.25, 0.3) is 0 Å². The second-order valence-corrected chi connectivity index (χ2v) is 11.0. The van der Waals surface area contributed by atoms with Crippen molar-refractivity contribution in [2.75, 3.05) is 6.61 Å². The molecule has 18 heavy (non-hydrogen) atoms. The maximum Gasteiger partial charge on any atom is 0.303 e. The third-order valence-electron chi connectivity index (χ3n) is 2.38. The molecule has 0 aliphatic carbocycles. The number of ether oxygens (including phenoxy) is 1. The molecular weight excluding hydrogens is 252 g/mol. The average Bonchev–Trinajstić information content (AvgIpc) is 2.67. The predicted molar refractivity (Wildman–Crippen MR) is 67.9 cm³/mol. The number of nitrogens with zero attached hydrogens (tertiary/aromatic N) is 4. The highest BCUT2D eigenvalue weighted by Crippen LogP contribution is 2.08. The molecule has 0 spiro atoms. The number of tetrazole rings is 1. The van der Waals surface area contributed by atoms with E-state index in [2.05, 4.69) is 35.2 Å². The molecule has 0 aliphatic rings. The molecule has 0 amide bonds. The number of hydrogen-bond donors (Lipinski definition) is 1. The van der Waals surface area contributed by atoms with Crippen LogP contribution in [0.5, 0.6) is 0 Å². The van der Waals surface area contributed by atoms with Gasteiger partial charge >= 0.3 is 5.97 Å². The van der Waals surface area contributed by atoms with E-state index >= 15 is 0 Å². The van der Waals surface area contributed by atoms with Gasteiger partial charge in [-0.15, -0.1) is 5.10 Å². The summed E-state index contributed by atoms with van der Waals surface area (Å²) in [5.74, 6) is -0.311. The molecule has 1 aromatic rings. The normalized spacial score (nSPS) is 11.7. The number of hydrogen-bond acceptors (Lipinski definition) is 5. The van der Waals surface area contributed by atoms with Gasteiger partial charge in [0.15, 0.2) is 5.82 Å². The minimum absolute atomic E-state index is 0.0231. The Morgan fingerprint density at radius 1 is 1.44 bits per heavy atom. The summed E-state index contributed by atoms with van der Waals surface area (Å²) in [7, 11) is -1.09. The molecule has 0 saturated carbocycles. The Kier molecular flexibility index (Phi) is 5.42. The van der Waals surface area contributed by atoms with Gasteiger partial charge in [0, 0.05) is 21.1 Å². The van der Waals surface area contributed by atoms with Crippen molar-refractivity contribution in [1.29, 1.82) is 0 Å². The van der Waals surface area contributed by atoms with E-state index < -0.39 is 14.0 Å². The largest absolute Gasteiger partial charge is 0.481 e. The van der Waals surface area contributed by atoms with Crippen LogP contribution in [0.4, 0.5) is 0 Å². The second-order valence-electron chi connectivity index (χ2n) is 5.34. The Hall–Kier alpha value is -1.28. The minimum Gasteiger partial charge on any atom is -0.481 e. The molecule has 102 valence electrons. The topological polar surface area (TPSA) is 90.1 Å². The van der Waals surface area contributed by atoms with Crippen molar-refractivity contribution in [3.63, 3.8) is 0 Å². The molecule has 8 heteroatoms. The predicted octanol–water partition coefficient (Wildman–Crippen LogP) is 1.00. The van der Waals surface area contributed by atoms with E-state index in [0.29, 0.717) is 18.9 Å². The zero-order valence-corrected chi connectivity index (χ0v) is 12.1. The Balaban J connectivity index is 2.34. The fourth-order valence-electron chi connectivity index (χ4n) is 1.25. The van der Waals surface area contributed by atoms with Crippen LogP contribution < -0.4 is 0 Å². The molecule has 0 radical (unpaired) electrons. The third-order valence-corrected chi connectivity index (χ3v) is 4.08. The highest BCUT2D eigenvalue weighted by molar-refractivity contribution is 6.76. The molecule has 1 rings (SSSR count). The lowest BCUT2D eigenvalue weighted by Gasteiger charge is -2.15. The van der Waals surface area contributed by atoms with E-state index in [9.17, 15) is 4.79 Å². The lowest BCUT2D eigenvalue weighted by molar-refractivity contribution is -0.137. The van der Waals surface area contributed by atoms with Gasteiger partial charge in [0.2, 0.25) is 0 Å². The van der Waals surface area contributed by atoms with E-state index in [0.717, 1.165) is 6.04 Å². The number of rotatable bonds is 8. The molecule has 1 N–H and O–H groups in total. The summed E-state index contributed by atoms with van der Waals surface area (Å²) in [4.78, 5) is 10.5. The Bertz CT molecular complexity index is 389. The summed E-state index contributed by atoms with van der Waals surface area (Å²) >= 11 is 0. The Labute approximate surface area is 107 Å². The van der Waals surface area contributed by atoms with Crippen LogP contribution in [0.2, 0.25) is 25.7 Å². The van der Waals surface area contributed by atoms with E-state index in [1.807, 2.05) is 0 Å². The maximum absolute atomic E-state index is 10.5. The molecule has 0 atom stereocenters. The van der Waals surface area contributed by atoms with Gasteiger partial charge in [-0.05, 0) is 16.5 Å². The summed E-state index contributed by atoms with van der Waals surface area (Å²) in [6.45, 7) is 7.82. The van der Waals surface area contributed by atoms with Gasteiger partial charge in [0.1, 0.15) is 6.73 Å². The van der Waals surface area contributed by atoms with Gasteiger partial charge in [-0.2, -0.15) is 0 Å². The SMILES string of the molecule is C[Si](C)(C)CCOCn1nnnc1CCC(=O)O. The summed E-state index contributed by atoms with van der Waals surface area (Å²) in [5, 5.41) is 19.7. The summed E-state index contributed by atoms with van der Waals surface area (Å²) in [6, 6.07) is 1.08. The maximum atomic E-state index is 10.5. The van der Waals surface area contributed by atoms with Gasteiger partial charge in [0.25, 0.3) is 0 Å². The first-order chi connectivity index (χ1) is 8.38. The molecule has 0 fully saturated rings. The van der Waals surface area contributed by atoms with Crippen molar-refractivity contribution in [2.45, 2.75) is 45.3 Å². The number of carboxylic acid groups (broad SMARTS) is 1. The molecule has 0 bridgehead atoms. The highest BCUT2D eigenvalue weighted by Gasteiger charge is 2.13. The van der Waals surface area contributed by atoms with Crippen LogP contribution in [-0.2, 0) is 22.7 Å². The van der Waals surface area contributed by atoms with Crippen molar-refractivity contribution >= 4 is 14.0 Å². The first-order valence-electron chi connectivity index (χ1n) is 5.93. The number of aromatic nitrogens is 4. The lowest BCUT2D eigenvalue weighted by atomic mass is 10.3. The van der Waals surface area contributed by atoms with Crippen LogP contribution in [0.3, 0.4) is 0 Å². The Morgan fingerprint density at radius 3 is 2.78 bits per heavy atom. The summed E-state index contributed by atoms with van der Waals surface area (Å²) in [6.07, 6.45) is 0.342. The van der Waals surface area contributed by atoms with Crippen molar-refractivity contribution in [1.82, 2.24) is 20.2 Å². The quantitative estimate of drug-likeness (QED) is 0.561. The summed E-state index contributed by atoms with van der Waals surface area (Å²) in [5.41, 5.74) is 0. The van der Waals surface area contributed by atoms with Crippen LogP contribution in [0.1, 0.15) is 12.2 Å². The van der Waals surface area contributed by atoms with Crippen LogP contribution in [0, 0.1) is 0 Å². The van der Waals surface area contributed by atoms with Crippen molar-refractivity contribution in [3.8, 4) is 0 Å². The molecule has 0 saturated heterocycles. The third kappa shape index (κ3) is 5.87. The molecular formula is C10H20N4O3Si. The van der Waals surface area contributed by atoms with E-state index in [-0.39, 0.29) is 13.2 Å². The average molecular weight is 272 g/mol. The number of carboxylic acids is 1. The smallest absolute Gasteiger partial charge is 0.303 e. The molecule has 1 aromatic heterocycles. The van der Waals surface area contributed by atoms with Gasteiger partial charge in [0.05, 0.1) is 6.42 Å². The Morgan fingerprint density at radius 2 is 2.17 bits per heavy atom. The monoisotopic (exact) mass is 272 g/mol. The van der Waals surface area contributed by atoms with Crippen molar-refractivity contribution in [3.05, 3.63) is 5.82 Å². The van der Waals surface area contributed by atoms with Crippen LogP contribution in [-0.4, -0.2) is 46.0 Å². The van der Waals surface area contributed by atoms with E-state index in [1.54, 1.807) is 0 Å². The zero-order chi connectivity index (χ0) is 13.6. The molecule has 0 unspecified atom stereocenters. The molecule has 1 heterocycles. The first-order valence-corrected chi connectivity index (χ1v) is 9.64.